The standard InChI is InChI=1S/C17H20FN7O3/c1-4-28-16(27)12-10-19-24(3)14(12)15(26)20-11-5-7-25-13(9-11)21-17(22-25)23(2)8-6-18/h5,7,9-10H,4,6,8H2,1-3H3,(H,20,26). The number of rotatable bonds is 7. The number of carbonyl (C=O) groups is 2. The molecule has 3 heterocycles. The monoisotopic (exact) mass is 389 g/mol. The van der Waals surface area contributed by atoms with E-state index in [1.165, 1.54) is 15.4 Å². The molecule has 3 rings (SSSR count). The number of aryl methyl sites for hydroxylation is 1. The van der Waals surface area contributed by atoms with Crippen LogP contribution in [0.1, 0.15) is 27.8 Å². The van der Waals surface area contributed by atoms with Crippen molar-refractivity contribution < 1.29 is 18.7 Å². The van der Waals surface area contributed by atoms with E-state index in [-0.39, 0.29) is 24.4 Å². The van der Waals surface area contributed by atoms with Crippen molar-refractivity contribution in [1.29, 1.82) is 0 Å². The highest BCUT2D eigenvalue weighted by atomic mass is 19.1. The van der Waals surface area contributed by atoms with Crippen LogP contribution in [0.15, 0.2) is 24.5 Å². The number of nitrogens with one attached hydrogen (secondary N) is 1. The number of alkyl halides is 1. The van der Waals surface area contributed by atoms with Gasteiger partial charge in [-0.1, -0.05) is 0 Å². The normalized spacial score (nSPS) is 10.9. The summed E-state index contributed by atoms with van der Waals surface area (Å²) in [5.41, 5.74) is 1.11. The molecule has 0 radical (unpaired) electrons. The molecule has 1 amide bonds. The van der Waals surface area contributed by atoms with E-state index in [2.05, 4.69) is 20.5 Å². The minimum absolute atomic E-state index is 0.0838. The van der Waals surface area contributed by atoms with Gasteiger partial charge in [0.05, 0.1) is 12.8 Å². The first-order valence-electron chi connectivity index (χ1n) is 8.58. The van der Waals surface area contributed by atoms with Gasteiger partial charge in [-0.3, -0.25) is 9.48 Å². The van der Waals surface area contributed by atoms with Crippen LogP contribution in [-0.4, -0.2) is 63.1 Å². The molecule has 0 unspecified atom stereocenters. The number of hydrogen-bond donors (Lipinski definition) is 1. The molecule has 0 aromatic carbocycles. The third-order valence-electron chi connectivity index (χ3n) is 3.99. The van der Waals surface area contributed by atoms with Crippen LogP contribution in [-0.2, 0) is 11.8 Å². The van der Waals surface area contributed by atoms with Crippen molar-refractivity contribution in [3.8, 4) is 0 Å². The van der Waals surface area contributed by atoms with Crippen LogP contribution in [0.2, 0.25) is 0 Å². The second kappa shape index (κ2) is 8.03. The molecule has 148 valence electrons. The molecule has 3 aromatic heterocycles. The quantitative estimate of drug-likeness (QED) is 0.607. The molecule has 0 bridgehead atoms. The Morgan fingerprint density at radius 3 is 2.89 bits per heavy atom. The van der Waals surface area contributed by atoms with E-state index in [0.29, 0.717) is 17.3 Å². The topological polar surface area (TPSA) is 107 Å². The number of ether oxygens (including phenoxy) is 1. The number of halogens is 1. The van der Waals surface area contributed by atoms with Gasteiger partial charge < -0.3 is 15.0 Å². The molecule has 0 fully saturated rings. The lowest BCUT2D eigenvalue weighted by atomic mass is 10.2. The minimum atomic E-state index is -0.616. The Hall–Kier alpha value is -3.50. The van der Waals surface area contributed by atoms with E-state index in [1.807, 2.05) is 0 Å². The molecule has 0 aliphatic rings. The maximum absolute atomic E-state index is 12.7. The number of esters is 1. The molecule has 10 nitrogen and oxygen atoms in total. The lowest BCUT2D eigenvalue weighted by Crippen LogP contribution is -2.21. The predicted octanol–water partition coefficient (Wildman–Crippen LogP) is 1.30. The third-order valence-corrected chi connectivity index (χ3v) is 3.99. The van der Waals surface area contributed by atoms with Crippen LogP contribution in [0.3, 0.4) is 0 Å². The minimum Gasteiger partial charge on any atom is -0.462 e. The summed E-state index contributed by atoms with van der Waals surface area (Å²) in [7, 11) is 3.25. The predicted molar refractivity (Wildman–Crippen MR) is 99.3 cm³/mol. The van der Waals surface area contributed by atoms with E-state index < -0.39 is 18.6 Å². The highest BCUT2D eigenvalue weighted by Crippen LogP contribution is 2.17. The molecule has 0 aliphatic heterocycles. The third kappa shape index (κ3) is 3.77. The Balaban J connectivity index is 1.84. The lowest BCUT2D eigenvalue weighted by Gasteiger charge is -2.10. The first kappa shape index (κ1) is 19.3. The van der Waals surface area contributed by atoms with Gasteiger partial charge in [-0.05, 0) is 13.0 Å². The summed E-state index contributed by atoms with van der Waals surface area (Å²) >= 11 is 0. The molecule has 1 N–H and O–H groups in total. The fraction of sp³-hybridized carbons (Fsp3) is 0.353. The van der Waals surface area contributed by atoms with Crippen molar-refractivity contribution in [2.45, 2.75) is 6.92 Å². The number of nitrogens with zero attached hydrogens (tertiary/aromatic N) is 6. The number of aromatic nitrogens is 5. The van der Waals surface area contributed by atoms with Crippen LogP contribution in [0.5, 0.6) is 0 Å². The molecular formula is C17H20FN7O3. The number of amides is 1. The Bertz CT molecular complexity index is 1010. The second-order valence-electron chi connectivity index (χ2n) is 5.95. The van der Waals surface area contributed by atoms with Gasteiger partial charge in [-0.25, -0.2) is 13.7 Å². The van der Waals surface area contributed by atoms with Gasteiger partial charge in [0, 0.05) is 38.6 Å². The summed E-state index contributed by atoms with van der Waals surface area (Å²) in [5.74, 6) is -0.756. The van der Waals surface area contributed by atoms with Crippen molar-refractivity contribution in [1.82, 2.24) is 24.4 Å². The first-order chi connectivity index (χ1) is 13.4. The van der Waals surface area contributed by atoms with E-state index >= 15 is 0 Å². The molecule has 3 aromatic rings. The maximum Gasteiger partial charge on any atom is 0.342 e. The Morgan fingerprint density at radius 2 is 2.18 bits per heavy atom. The second-order valence-corrected chi connectivity index (χ2v) is 5.95. The average Bonchev–Trinajstić information content (AvgIpc) is 3.25. The summed E-state index contributed by atoms with van der Waals surface area (Å²) in [4.78, 5) is 30.6. The van der Waals surface area contributed by atoms with Gasteiger partial charge in [-0.2, -0.15) is 10.1 Å². The van der Waals surface area contributed by atoms with Gasteiger partial charge >= 0.3 is 5.97 Å². The zero-order chi connectivity index (χ0) is 20.3. The SMILES string of the molecule is CCOC(=O)c1cnn(C)c1C(=O)Nc1ccn2nc(N(C)CCF)nc2c1. The zero-order valence-corrected chi connectivity index (χ0v) is 15.7. The van der Waals surface area contributed by atoms with Gasteiger partial charge in [0.1, 0.15) is 17.9 Å². The van der Waals surface area contributed by atoms with Crippen molar-refractivity contribution in [2.24, 2.45) is 7.05 Å². The molecule has 0 aliphatic carbocycles. The number of hydrogen-bond acceptors (Lipinski definition) is 7. The molecule has 28 heavy (non-hydrogen) atoms. The zero-order valence-electron chi connectivity index (χ0n) is 15.7. The molecular weight excluding hydrogens is 369 g/mol. The molecule has 0 saturated carbocycles. The van der Waals surface area contributed by atoms with Gasteiger partial charge in [0.25, 0.3) is 5.91 Å². The Labute approximate surface area is 159 Å². The summed E-state index contributed by atoms with van der Waals surface area (Å²) < 4.78 is 20.3. The highest BCUT2D eigenvalue weighted by molar-refractivity contribution is 6.10. The maximum atomic E-state index is 12.7. The Morgan fingerprint density at radius 1 is 1.39 bits per heavy atom. The molecule has 0 saturated heterocycles. The molecule has 11 heteroatoms. The van der Waals surface area contributed by atoms with E-state index in [1.54, 1.807) is 44.2 Å². The largest absolute Gasteiger partial charge is 0.462 e. The van der Waals surface area contributed by atoms with Crippen molar-refractivity contribution >= 4 is 29.2 Å². The smallest absolute Gasteiger partial charge is 0.342 e. The van der Waals surface area contributed by atoms with E-state index in [4.69, 9.17) is 4.74 Å². The fourth-order valence-electron chi connectivity index (χ4n) is 2.59. The van der Waals surface area contributed by atoms with Crippen LogP contribution in [0, 0.1) is 0 Å². The number of carbonyl (C=O) groups excluding carboxylic acids is 2. The van der Waals surface area contributed by atoms with Crippen LogP contribution >= 0.6 is 0 Å². The summed E-state index contributed by atoms with van der Waals surface area (Å²) in [6.45, 7) is 1.54. The lowest BCUT2D eigenvalue weighted by molar-refractivity contribution is 0.0523. The summed E-state index contributed by atoms with van der Waals surface area (Å²) in [6, 6.07) is 3.26. The fourth-order valence-corrected chi connectivity index (χ4v) is 2.59. The first-order valence-corrected chi connectivity index (χ1v) is 8.58. The average molecular weight is 389 g/mol. The van der Waals surface area contributed by atoms with Gasteiger partial charge in [0.15, 0.2) is 5.65 Å². The summed E-state index contributed by atoms with van der Waals surface area (Å²) in [6.07, 6.45) is 2.92. The number of anilines is 2. The number of pyridine rings is 1. The Kier molecular flexibility index (Phi) is 5.52. The van der Waals surface area contributed by atoms with Crippen molar-refractivity contribution in [3.63, 3.8) is 0 Å². The number of fused-ring (bicyclic) bond motifs is 1. The highest BCUT2D eigenvalue weighted by Gasteiger charge is 2.23. The van der Waals surface area contributed by atoms with Crippen LogP contribution in [0.25, 0.3) is 5.65 Å². The van der Waals surface area contributed by atoms with Gasteiger partial charge in [-0.15, -0.1) is 5.10 Å². The molecule has 0 spiro atoms. The molecule has 0 atom stereocenters. The van der Waals surface area contributed by atoms with Crippen molar-refractivity contribution in [2.75, 3.05) is 37.1 Å². The van der Waals surface area contributed by atoms with Crippen LogP contribution in [0.4, 0.5) is 16.0 Å². The van der Waals surface area contributed by atoms with Crippen molar-refractivity contribution in [3.05, 3.63) is 35.8 Å². The summed E-state index contributed by atoms with van der Waals surface area (Å²) in [5, 5.41) is 10.9. The van der Waals surface area contributed by atoms with E-state index in [9.17, 15) is 14.0 Å². The van der Waals surface area contributed by atoms with Gasteiger partial charge in [0.2, 0.25) is 5.95 Å². The van der Waals surface area contributed by atoms with E-state index in [0.717, 1.165) is 0 Å². The van der Waals surface area contributed by atoms with Crippen LogP contribution < -0.4 is 10.2 Å².